The summed E-state index contributed by atoms with van der Waals surface area (Å²) >= 11 is 0. The smallest absolute Gasteiger partial charge is 0.254 e. The Balaban J connectivity index is 2.12. The fourth-order valence-electron chi connectivity index (χ4n) is 1.85. The normalized spacial score (nSPS) is 10.4. The van der Waals surface area contributed by atoms with Crippen LogP contribution in [0.15, 0.2) is 36.5 Å². The summed E-state index contributed by atoms with van der Waals surface area (Å²) in [6, 6.07) is 9.96. The van der Waals surface area contributed by atoms with E-state index in [2.05, 4.69) is 10.4 Å². The monoisotopic (exact) mass is 259 g/mol. The van der Waals surface area contributed by atoms with Crippen molar-refractivity contribution in [2.75, 3.05) is 13.2 Å². The Morgan fingerprint density at radius 2 is 2.11 bits per heavy atom. The number of rotatable bonds is 5. The quantitative estimate of drug-likeness (QED) is 0.840. The molecule has 19 heavy (non-hydrogen) atoms. The van der Waals surface area contributed by atoms with E-state index in [0.717, 1.165) is 11.3 Å². The lowest BCUT2D eigenvalue weighted by molar-refractivity contribution is 0.0944. The van der Waals surface area contributed by atoms with E-state index in [-0.39, 0.29) is 19.1 Å². The first kappa shape index (κ1) is 13.3. The van der Waals surface area contributed by atoms with Crippen LogP contribution in [-0.4, -0.2) is 33.9 Å². The molecule has 1 aromatic carbocycles. The van der Waals surface area contributed by atoms with Crippen LogP contribution in [0.1, 0.15) is 21.6 Å². The summed E-state index contributed by atoms with van der Waals surface area (Å²) in [5, 5.41) is 15.6. The largest absolute Gasteiger partial charge is 0.395 e. The molecule has 2 rings (SSSR count). The second kappa shape index (κ2) is 6.15. The highest BCUT2D eigenvalue weighted by atomic mass is 16.3. The molecule has 5 nitrogen and oxygen atoms in total. The van der Waals surface area contributed by atoms with Crippen LogP contribution in [0.4, 0.5) is 0 Å². The first-order chi connectivity index (χ1) is 9.22. The highest BCUT2D eigenvalue weighted by Crippen LogP contribution is 2.10. The zero-order chi connectivity index (χ0) is 13.7. The van der Waals surface area contributed by atoms with Crippen molar-refractivity contribution in [1.82, 2.24) is 15.1 Å². The van der Waals surface area contributed by atoms with Crippen LogP contribution in [0.5, 0.6) is 0 Å². The number of carbonyl (C=O) groups is 1. The van der Waals surface area contributed by atoms with Crippen molar-refractivity contribution in [3.05, 3.63) is 53.3 Å². The number of carbonyl (C=O) groups excluding carboxylic acids is 1. The maximum atomic E-state index is 11.8. The van der Waals surface area contributed by atoms with Gasteiger partial charge < -0.3 is 10.4 Å². The third kappa shape index (κ3) is 3.20. The summed E-state index contributed by atoms with van der Waals surface area (Å²) < 4.78 is 1.79. The zero-order valence-corrected chi connectivity index (χ0v) is 10.8. The summed E-state index contributed by atoms with van der Waals surface area (Å²) in [6.45, 7) is 2.69. The van der Waals surface area contributed by atoms with Crippen LogP contribution in [0, 0.1) is 6.92 Å². The van der Waals surface area contributed by atoms with Crippen LogP contribution >= 0.6 is 0 Å². The van der Waals surface area contributed by atoms with E-state index in [0.29, 0.717) is 12.1 Å². The van der Waals surface area contributed by atoms with E-state index in [1.54, 1.807) is 10.9 Å². The van der Waals surface area contributed by atoms with Gasteiger partial charge in [0.25, 0.3) is 5.91 Å². The minimum absolute atomic E-state index is 0.0665. The highest BCUT2D eigenvalue weighted by Gasteiger charge is 2.13. The molecule has 0 saturated heterocycles. The van der Waals surface area contributed by atoms with Gasteiger partial charge >= 0.3 is 0 Å². The van der Waals surface area contributed by atoms with Crippen LogP contribution in [0.2, 0.25) is 0 Å². The molecule has 2 aromatic rings. The van der Waals surface area contributed by atoms with Gasteiger partial charge in [0.1, 0.15) is 0 Å². The minimum Gasteiger partial charge on any atom is -0.395 e. The summed E-state index contributed by atoms with van der Waals surface area (Å²) in [7, 11) is 0. The molecule has 0 atom stereocenters. The van der Waals surface area contributed by atoms with Crippen LogP contribution < -0.4 is 5.32 Å². The standard InChI is InChI=1S/C14H17N3O2/c1-11-13(14(19)15-7-8-18)9-16-17(11)10-12-5-3-2-4-6-12/h2-6,9,18H,7-8,10H2,1H3,(H,15,19). The summed E-state index contributed by atoms with van der Waals surface area (Å²) in [5.74, 6) is -0.203. The maximum Gasteiger partial charge on any atom is 0.254 e. The fourth-order valence-corrected chi connectivity index (χ4v) is 1.85. The Kier molecular flexibility index (Phi) is 4.30. The number of aliphatic hydroxyl groups is 1. The topological polar surface area (TPSA) is 67.2 Å². The van der Waals surface area contributed by atoms with Gasteiger partial charge in [-0.2, -0.15) is 5.10 Å². The Morgan fingerprint density at radius 3 is 2.79 bits per heavy atom. The Labute approximate surface area is 111 Å². The number of nitrogens with one attached hydrogen (secondary N) is 1. The second-order valence-electron chi connectivity index (χ2n) is 4.27. The molecule has 0 saturated carbocycles. The van der Waals surface area contributed by atoms with Crippen molar-refractivity contribution < 1.29 is 9.90 Å². The number of aliphatic hydroxyl groups excluding tert-OH is 1. The number of nitrogens with zero attached hydrogens (tertiary/aromatic N) is 2. The van der Waals surface area contributed by atoms with Crippen molar-refractivity contribution in [3.8, 4) is 0 Å². The Bertz CT molecular complexity index is 549. The molecule has 0 aliphatic carbocycles. The third-order valence-electron chi connectivity index (χ3n) is 2.92. The Morgan fingerprint density at radius 1 is 1.37 bits per heavy atom. The second-order valence-corrected chi connectivity index (χ2v) is 4.27. The number of amides is 1. The van der Waals surface area contributed by atoms with E-state index < -0.39 is 0 Å². The van der Waals surface area contributed by atoms with Crippen molar-refractivity contribution in [2.24, 2.45) is 0 Å². The van der Waals surface area contributed by atoms with Gasteiger partial charge in [0, 0.05) is 12.2 Å². The lowest BCUT2D eigenvalue weighted by Crippen LogP contribution is -2.26. The van der Waals surface area contributed by atoms with Gasteiger partial charge in [0.2, 0.25) is 0 Å². The molecule has 0 fully saturated rings. The predicted molar refractivity (Wildman–Crippen MR) is 71.9 cm³/mol. The molecular weight excluding hydrogens is 242 g/mol. The minimum atomic E-state index is -0.203. The molecular formula is C14H17N3O2. The van der Waals surface area contributed by atoms with Gasteiger partial charge in [-0.15, -0.1) is 0 Å². The van der Waals surface area contributed by atoms with Crippen LogP contribution in [-0.2, 0) is 6.54 Å². The first-order valence-electron chi connectivity index (χ1n) is 6.17. The van der Waals surface area contributed by atoms with Crippen molar-refractivity contribution in [2.45, 2.75) is 13.5 Å². The number of hydrogen-bond acceptors (Lipinski definition) is 3. The van der Waals surface area contributed by atoms with Crippen molar-refractivity contribution in [1.29, 1.82) is 0 Å². The highest BCUT2D eigenvalue weighted by molar-refractivity contribution is 5.95. The van der Waals surface area contributed by atoms with E-state index in [4.69, 9.17) is 5.11 Å². The predicted octanol–water partition coefficient (Wildman–Crippen LogP) is 0.962. The van der Waals surface area contributed by atoms with Gasteiger partial charge in [-0.3, -0.25) is 9.48 Å². The van der Waals surface area contributed by atoms with Gasteiger partial charge in [-0.1, -0.05) is 30.3 Å². The SMILES string of the molecule is Cc1c(C(=O)NCCO)cnn1Cc1ccccc1. The Hall–Kier alpha value is -2.14. The lowest BCUT2D eigenvalue weighted by Gasteiger charge is -2.06. The van der Waals surface area contributed by atoms with Gasteiger partial charge in [-0.25, -0.2) is 0 Å². The first-order valence-corrected chi connectivity index (χ1v) is 6.17. The molecule has 0 aliphatic heterocycles. The molecule has 0 bridgehead atoms. The summed E-state index contributed by atoms with van der Waals surface area (Å²) in [4.78, 5) is 11.8. The summed E-state index contributed by atoms with van der Waals surface area (Å²) in [6.07, 6.45) is 1.56. The van der Waals surface area contributed by atoms with E-state index in [9.17, 15) is 4.79 Å². The summed E-state index contributed by atoms with van der Waals surface area (Å²) in [5.41, 5.74) is 2.50. The number of aromatic nitrogens is 2. The molecule has 0 aliphatic rings. The van der Waals surface area contributed by atoms with Crippen LogP contribution in [0.25, 0.3) is 0 Å². The van der Waals surface area contributed by atoms with E-state index in [1.807, 2.05) is 37.3 Å². The van der Waals surface area contributed by atoms with Crippen LogP contribution in [0.3, 0.4) is 0 Å². The van der Waals surface area contributed by atoms with Gasteiger partial charge in [0.05, 0.1) is 24.9 Å². The van der Waals surface area contributed by atoms with Crippen molar-refractivity contribution >= 4 is 5.91 Å². The molecule has 0 spiro atoms. The molecule has 5 heteroatoms. The van der Waals surface area contributed by atoms with Gasteiger partial charge in [-0.05, 0) is 12.5 Å². The average Bonchev–Trinajstić information content (AvgIpc) is 2.79. The molecule has 0 radical (unpaired) electrons. The molecule has 2 N–H and O–H groups in total. The fraction of sp³-hybridized carbons (Fsp3) is 0.286. The number of hydrogen-bond donors (Lipinski definition) is 2. The zero-order valence-electron chi connectivity index (χ0n) is 10.8. The molecule has 1 amide bonds. The van der Waals surface area contributed by atoms with E-state index >= 15 is 0 Å². The molecule has 1 heterocycles. The number of benzene rings is 1. The lowest BCUT2D eigenvalue weighted by atomic mass is 10.2. The van der Waals surface area contributed by atoms with E-state index in [1.165, 1.54) is 0 Å². The average molecular weight is 259 g/mol. The van der Waals surface area contributed by atoms with Crippen molar-refractivity contribution in [3.63, 3.8) is 0 Å². The molecule has 1 aromatic heterocycles. The van der Waals surface area contributed by atoms with Gasteiger partial charge in [0.15, 0.2) is 0 Å². The molecule has 0 unspecified atom stereocenters. The third-order valence-corrected chi connectivity index (χ3v) is 2.92. The molecule has 100 valence electrons. The maximum absolute atomic E-state index is 11.8.